The molecule has 0 atom stereocenters. The molecule has 1 saturated heterocycles. The standard InChI is InChI=1S/C11H17ClN4/c1-2-15-3-5-16(6-4-15)11-10(12)7-9(13)8-14-11/h7-8H,2-6,13H2,1H3. The molecule has 5 heteroatoms. The molecule has 0 radical (unpaired) electrons. The Kier molecular flexibility index (Phi) is 3.51. The van der Waals surface area contributed by atoms with Crippen LogP contribution in [0, 0.1) is 0 Å². The van der Waals surface area contributed by atoms with Gasteiger partial charge in [-0.1, -0.05) is 18.5 Å². The number of aromatic nitrogens is 1. The number of pyridine rings is 1. The maximum atomic E-state index is 6.14. The van der Waals surface area contributed by atoms with Crippen molar-refractivity contribution in [2.75, 3.05) is 43.4 Å². The van der Waals surface area contributed by atoms with E-state index in [-0.39, 0.29) is 0 Å². The lowest BCUT2D eigenvalue weighted by molar-refractivity contribution is 0.270. The molecule has 0 aromatic carbocycles. The molecule has 1 fully saturated rings. The van der Waals surface area contributed by atoms with Crippen molar-refractivity contribution >= 4 is 23.1 Å². The van der Waals surface area contributed by atoms with Gasteiger partial charge in [0.1, 0.15) is 5.82 Å². The number of anilines is 2. The van der Waals surface area contributed by atoms with Crippen LogP contribution in [-0.4, -0.2) is 42.6 Å². The zero-order valence-corrected chi connectivity index (χ0v) is 10.2. The third-order valence-electron chi connectivity index (χ3n) is 2.96. The Morgan fingerprint density at radius 2 is 2.06 bits per heavy atom. The Morgan fingerprint density at radius 1 is 1.38 bits per heavy atom. The average Bonchev–Trinajstić information content (AvgIpc) is 2.29. The SMILES string of the molecule is CCN1CCN(c2ncc(N)cc2Cl)CC1. The molecule has 2 heterocycles. The number of rotatable bonds is 2. The fourth-order valence-corrected chi connectivity index (χ4v) is 2.25. The number of piperazine rings is 1. The van der Waals surface area contributed by atoms with E-state index in [1.165, 1.54) is 0 Å². The van der Waals surface area contributed by atoms with Gasteiger partial charge in [0.2, 0.25) is 0 Å². The minimum absolute atomic E-state index is 0.612. The highest BCUT2D eigenvalue weighted by atomic mass is 35.5. The topological polar surface area (TPSA) is 45.4 Å². The van der Waals surface area contributed by atoms with E-state index < -0.39 is 0 Å². The van der Waals surface area contributed by atoms with Crippen LogP contribution in [0.25, 0.3) is 0 Å². The van der Waals surface area contributed by atoms with Crippen LogP contribution in [0.5, 0.6) is 0 Å². The fraction of sp³-hybridized carbons (Fsp3) is 0.545. The summed E-state index contributed by atoms with van der Waals surface area (Å²) >= 11 is 6.14. The van der Waals surface area contributed by atoms with Crippen LogP contribution in [0.1, 0.15) is 6.92 Å². The van der Waals surface area contributed by atoms with Crippen LogP contribution >= 0.6 is 11.6 Å². The summed E-state index contributed by atoms with van der Waals surface area (Å²) in [6, 6.07) is 1.76. The maximum absolute atomic E-state index is 6.14. The molecule has 0 amide bonds. The summed E-state index contributed by atoms with van der Waals surface area (Å²) in [4.78, 5) is 8.94. The Morgan fingerprint density at radius 3 is 2.62 bits per heavy atom. The predicted molar refractivity (Wildman–Crippen MR) is 68.0 cm³/mol. The first-order valence-electron chi connectivity index (χ1n) is 5.59. The second-order valence-electron chi connectivity index (χ2n) is 4.00. The largest absolute Gasteiger partial charge is 0.397 e. The number of likely N-dealkylation sites (N-methyl/N-ethyl adjacent to an activating group) is 1. The molecular weight excluding hydrogens is 224 g/mol. The van der Waals surface area contributed by atoms with E-state index >= 15 is 0 Å². The highest BCUT2D eigenvalue weighted by Gasteiger charge is 2.18. The van der Waals surface area contributed by atoms with Gasteiger partial charge in [0.05, 0.1) is 16.9 Å². The Balaban J connectivity index is 2.08. The molecule has 2 N–H and O–H groups in total. The third-order valence-corrected chi connectivity index (χ3v) is 3.24. The smallest absolute Gasteiger partial charge is 0.147 e. The summed E-state index contributed by atoms with van der Waals surface area (Å²) in [6.45, 7) is 7.38. The number of halogens is 1. The van der Waals surface area contributed by atoms with Crippen molar-refractivity contribution in [3.8, 4) is 0 Å². The van der Waals surface area contributed by atoms with Crippen molar-refractivity contribution in [1.29, 1.82) is 0 Å². The van der Waals surface area contributed by atoms with Gasteiger partial charge >= 0.3 is 0 Å². The van der Waals surface area contributed by atoms with Crippen LogP contribution in [0.3, 0.4) is 0 Å². The van der Waals surface area contributed by atoms with Gasteiger partial charge < -0.3 is 15.5 Å². The average molecular weight is 241 g/mol. The first-order valence-corrected chi connectivity index (χ1v) is 5.97. The summed E-state index contributed by atoms with van der Waals surface area (Å²) in [5, 5.41) is 0.643. The van der Waals surface area contributed by atoms with E-state index in [4.69, 9.17) is 17.3 Å². The molecule has 16 heavy (non-hydrogen) atoms. The van der Waals surface area contributed by atoms with Gasteiger partial charge in [-0.05, 0) is 12.6 Å². The van der Waals surface area contributed by atoms with Crippen LogP contribution < -0.4 is 10.6 Å². The summed E-state index contributed by atoms with van der Waals surface area (Å²) < 4.78 is 0. The molecule has 0 saturated carbocycles. The lowest BCUT2D eigenvalue weighted by Gasteiger charge is -2.35. The number of nitrogens with two attached hydrogens (primary N) is 1. The quantitative estimate of drug-likeness (QED) is 0.850. The Labute approximate surface area is 101 Å². The monoisotopic (exact) mass is 240 g/mol. The molecule has 88 valence electrons. The molecule has 1 aliphatic heterocycles. The van der Waals surface area contributed by atoms with Gasteiger partial charge in [-0.3, -0.25) is 0 Å². The van der Waals surface area contributed by atoms with Crippen LogP contribution in [0.2, 0.25) is 5.02 Å². The molecule has 0 spiro atoms. The van der Waals surface area contributed by atoms with E-state index in [0.717, 1.165) is 38.5 Å². The van der Waals surface area contributed by atoms with Crippen molar-refractivity contribution in [3.05, 3.63) is 17.3 Å². The maximum Gasteiger partial charge on any atom is 0.147 e. The molecule has 0 bridgehead atoms. The number of hydrogen-bond acceptors (Lipinski definition) is 4. The molecule has 1 aromatic heterocycles. The minimum Gasteiger partial charge on any atom is -0.397 e. The zero-order chi connectivity index (χ0) is 11.5. The van der Waals surface area contributed by atoms with Gasteiger partial charge in [-0.15, -0.1) is 0 Å². The molecule has 0 aliphatic carbocycles. The van der Waals surface area contributed by atoms with Crippen LogP contribution in [0.15, 0.2) is 12.3 Å². The third kappa shape index (κ3) is 2.39. The van der Waals surface area contributed by atoms with E-state index in [1.54, 1.807) is 12.3 Å². The van der Waals surface area contributed by atoms with Crippen LogP contribution in [-0.2, 0) is 0 Å². The molecular formula is C11H17ClN4. The van der Waals surface area contributed by atoms with E-state index in [1.807, 2.05) is 0 Å². The second-order valence-corrected chi connectivity index (χ2v) is 4.40. The summed E-state index contributed by atoms with van der Waals surface area (Å²) in [5.41, 5.74) is 6.24. The molecule has 1 aliphatic rings. The predicted octanol–water partition coefficient (Wildman–Crippen LogP) is 1.46. The lowest BCUT2D eigenvalue weighted by Crippen LogP contribution is -2.46. The van der Waals surface area contributed by atoms with Crippen molar-refractivity contribution in [3.63, 3.8) is 0 Å². The van der Waals surface area contributed by atoms with Crippen molar-refractivity contribution in [2.45, 2.75) is 6.92 Å². The van der Waals surface area contributed by atoms with Gasteiger partial charge in [0.15, 0.2) is 0 Å². The first kappa shape index (κ1) is 11.5. The molecule has 1 aromatic rings. The highest BCUT2D eigenvalue weighted by Crippen LogP contribution is 2.25. The van der Waals surface area contributed by atoms with Gasteiger partial charge in [0.25, 0.3) is 0 Å². The zero-order valence-electron chi connectivity index (χ0n) is 9.49. The Bertz CT molecular complexity index is 361. The number of nitrogen functional groups attached to an aromatic ring is 1. The number of nitrogens with zero attached hydrogens (tertiary/aromatic N) is 3. The van der Waals surface area contributed by atoms with Crippen molar-refractivity contribution in [2.24, 2.45) is 0 Å². The first-order chi connectivity index (χ1) is 7.70. The molecule has 0 unspecified atom stereocenters. The summed E-state index contributed by atoms with van der Waals surface area (Å²) in [6.07, 6.45) is 1.66. The molecule has 4 nitrogen and oxygen atoms in total. The second kappa shape index (κ2) is 4.89. The van der Waals surface area contributed by atoms with E-state index in [2.05, 4.69) is 21.7 Å². The van der Waals surface area contributed by atoms with Crippen LogP contribution in [0.4, 0.5) is 11.5 Å². The molecule has 2 rings (SSSR count). The summed E-state index contributed by atoms with van der Waals surface area (Å²) in [5.74, 6) is 0.853. The Hall–Kier alpha value is -1.00. The van der Waals surface area contributed by atoms with Crippen molar-refractivity contribution < 1.29 is 0 Å². The van der Waals surface area contributed by atoms with Gasteiger partial charge in [-0.25, -0.2) is 4.98 Å². The minimum atomic E-state index is 0.612. The number of hydrogen-bond donors (Lipinski definition) is 1. The van der Waals surface area contributed by atoms with Gasteiger partial charge in [-0.2, -0.15) is 0 Å². The normalized spacial score (nSPS) is 17.8. The van der Waals surface area contributed by atoms with E-state index in [9.17, 15) is 0 Å². The fourth-order valence-electron chi connectivity index (χ4n) is 1.95. The highest BCUT2D eigenvalue weighted by molar-refractivity contribution is 6.33. The van der Waals surface area contributed by atoms with E-state index in [0.29, 0.717) is 10.7 Å². The van der Waals surface area contributed by atoms with Gasteiger partial charge in [0, 0.05) is 26.2 Å². The lowest BCUT2D eigenvalue weighted by atomic mass is 10.3. The summed E-state index contributed by atoms with van der Waals surface area (Å²) in [7, 11) is 0. The van der Waals surface area contributed by atoms with Crippen molar-refractivity contribution in [1.82, 2.24) is 9.88 Å².